The van der Waals surface area contributed by atoms with Crippen LogP contribution in [-0.4, -0.2) is 41.0 Å². The fraction of sp³-hybridized carbons (Fsp3) is 0.500. The standard InChI is InChI=1S/C18H28N6O2/c1-6-25-15-9-8-14(10-16(15)26-7-2)13(3)23-18(19-4)20-11-17-21-12-22-24(17)5/h8-10,12-13H,6-7,11H2,1-5H3,(H2,19,20,23). The van der Waals surface area contributed by atoms with E-state index in [2.05, 4.69) is 32.6 Å². The summed E-state index contributed by atoms with van der Waals surface area (Å²) in [6.45, 7) is 7.72. The summed E-state index contributed by atoms with van der Waals surface area (Å²) < 4.78 is 13.1. The minimum absolute atomic E-state index is 0.0376. The lowest BCUT2D eigenvalue weighted by molar-refractivity contribution is 0.287. The molecule has 26 heavy (non-hydrogen) atoms. The highest BCUT2D eigenvalue weighted by atomic mass is 16.5. The lowest BCUT2D eigenvalue weighted by atomic mass is 10.1. The SMILES string of the molecule is CCOc1ccc(C(C)NC(=NC)NCc2ncnn2C)cc1OCC. The highest BCUT2D eigenvalue weighted by molar-refractivity contribution is 5.80. The summed E-state index contributed by atoms with van der Waals surface area (Å²) in [4.78, 5) is 8.46. The average molecular weight is 360 g/mol. The number of aryl methyl sites for hydroxylation is 1. The van der Waals surface area contributed by atoms with Crippen LogP contribution in [0.15, 0.2) is 29.5 Å². The molecule has 8 heteroatoms. The van der Waals surface area contributed by atoms with E-state index in [0.29, 0.717) is 25.7 Å². The number of aliphatic imine (C=N–C) groups is 1. The molecule has 1 atom stereocenters. The Labute approximate surface area is 154 Å². The number of nitrogens with one attached hydrogen (secondary N) is 2. The second kappa shape index (κ2) is 9.65. The third-order valence-electron chi connectivity index (χ3n) is 3.86. The summed E-state index contributed by atoms with van der Waals surface area (Å²) in [5.74, 6) is 3.03. The van der Waals surface area contributed by atoms with Crippen LogP contribution in [0.3, 0.4) is 0 Å². The van der Waals surface area contributed by atoms with Gasteiger partial charge in [0.1, 0.15) is 12.2 Å². The summed E-state index contributed by atoms with van der Waals surface area (Å²) in [5.41, 5.74) is 1.08. The van der Waals surface area contributed by atoms with Crippen molar-refractivity contribution >= 4 is 5.96 Å². The van der Waals surface area contributed by atoms with Crippen molar-refractivity contribution in [1.29, 1.82) is 0 Å². The predicted octanol–water partition coefficient (Wildman–Crippen LogP) is 2.04. The van der Waals surface area contributed by atoms with E-state index in [4.69, 9.17) is 9.47 Å². The molecule has 0 amide bonds. The molecule has 142 valence electrons. The zero-order chi connectivity index (χ0) is 18.9. The van der Waals surface area contributed by atoms with Crippen molar-refractivity contribution < 1.29 is 9.47 Å². The van der Waals surface area contributed by atoms with Gasteiger partial charge < -0.3 is 20.1 Å². The molecule has 1 unspecified atom stereocenters. The Morgan fingerprint density at radius 2 is 1.96 bits per heavy atom. The van der Waals surface area contributed by atoms with Gasteiger partial charge >= 0.3 is 0 Å². The summed E-state index contributed by atoms with van der Waals surface area (Å²) in [6, 6.07) is 6.01. The van der Waals surface area contributed by atoms with Gasteiger partial charge in [0.2, 0.25) is 0 Å². The predicted molar refractivity (Wildman–Crippen MR) is 102 cm³/mol. The van der Waals surface area contributed by atoms with Crippen LogP contribution in [0.1, 0.15) is 38.2 Å². The van der Waals surface area contributed by atoms with Crippen LogP contribution in [-0.2, 0) is 13.6 Å². The molecule has 0 aliphatic heterocycles. The molecular weight excluding hydrogens is 332 g/mol. The highest BCUT2D eigenvalue weighted by Gasteiger charge is 2.13. The molecule has 2 aromatic rings. The number of hydrogen-bond donors (Lipinski definition) is 2. The van der Waals surface area contributed by atoms with Crippen LogP contribution in [0, 0.1) is 0 Å². The van der Waals surface area contributed by atoms with Crippen LogP contribution in [0.2, 0.25) is 0 Å². The minimum atomic E-state index is 0.0376. The molecule has 0 aliphatic carbocycles. The molecule has 0 spiro atoms. The van der Waals surface area contributed by atoms with Gasteiger partial charge in [0.05, 0.1) is 25.8 Å². The van der Waals surface area contributed by atoms with E-state index in [1.807, 2.05) is 39.1 Å². The molecule has 0 bridgehead atoms. The maximum atomic E-state index is 5.70. The van der Waals surface area contributed by atoms with Crippen LogP contribution in [0.4, 0.5) is 0 Å². The number of aromatic nitrogens is 3. The molecule has 8 nitrogen and oxygen atoms in total. The van der Waals surface area contributed by atoms with E-state index < -0.39 is 0 Å². The molecule has 0 radical (unpaired) electrons. The number of ether oxygens (including phenoxy) is 2. The third kappa shape index (κ3) is 5.11. The molecule has 0 saturated carbocycles. The van der Waals surface area contributed by atoms with Crippen LogP contribution >= 0.6 is 0 Å². The van der Waals surface area contributed by atoms with Gasteiger partial charge in [-0.25, -0.2) is 4.98 Å². The molecule has 1 aromatic heterocycles. The van der Waals surface area contributed by atoms with Gasteiger partial charge in [-0.3, -0.25) is 9.67 Å². The largest absolute Gasteiger partial charge is 0.490 e. The van der Waals surface area contributed by atoms with Crippen molar-refractivity contribution in [3.8, 4) is 11.5 Å². The molecule has 0 fully saturated rings. The molecule has 2 N–H and O–H groups in total. The van der Waals surface area contributed by atoms with Crippen LogP contribution in [0.5, 0.6) is 11.5 Å². The van der Waals surface area contributed by atoms with Gasteiger partial charge in [0, 0.05) is 14.1 Å². The first-order chi connectivity index (χ1) is 12.6. The molecular formula is C18H28N6O2. The maximum absolute atomic E-state index is 5.70. The van der Waals surface area contributed by atoms with E-state index in [-0.39, 0.29) is 6.04 Å². The summed E-state index contributed by atoms with van der Waals surface area (Å²) in [6.07, 6.45) is 1.53. The molecule has 1 aromatic carbocycles. The summed E-state index contributed by atoms with van der Waals surface area (Å²) >= 11 is 0. The second-order valence-electron chi connectivity index (χ2n) is 5.66. The van der Waals surface area contributed by atoms with E-state index >= 15 is 0 Å². The van der Waals surface area contributed by atoms with Crippen molar-refractivity contribution in [2.75, 3.05) is 20.3 Å². The zero-order valence-electron chi connectivity index (χ0n) is 16.1. The first kappa shape index (κ1) is 19.6. The number of hydrogen-bond acceptors (Lipinski definition) is 5. The number of guanidine groups is 1. The van der Waals surface area contributed by atoms with Crippen molar-refractivity contribution in [2.45, 2.75) is 33.4 Å². The van der Waals surface area contributed by atoms with Gasteiger partial charge in [-0.15, -0.1) is 0 Å². The molecule has 0 aliphatic rings. The third-order valence-corrected chi connectivity index (χ3v) is 3.86. The normalized spacial score (nSPS) is 12.6. The van der Waals surface area contributed by atoms with Gasteiger partial charge in [-0.1, -0.05) is 6.07 Å². The van der Waals surface area contributed by atoms with Gasteiger partial charge in [-0.2, -0.15) is 5.10 Å². The molecule has 2 rings (SSSR count). The summed E-state index contributed by atoms with van der Waals surface area (Å²) in [5, 5.41) is 10.7. The van der Waals surface area contributed by atoms with Crippen LogP contribution in [0.25, 0.3) is 0 Å². The van der Waals surface area contributed by atoms with Crippen molar-refractivity contribution in [3.05, 3.63) is 35.9 Å². The van der Waals surface area contributed by atoms with E-state index in [1.165, 1.54) is 6.33 Å². The molecule has 1 heterocycles. The molecule has 0 saturated heterocycles. The number of benzene rings is 1. The fourth-order valence-electron chi connectivity index (χ4n) is 2.46. The zero-order valence-corrected chi connectivity index (χ0v) is 16.1. The Morgan fingerprint density at radius 3 is 2.58 bits per heavy atom. The first-order valence-electron chi connectivity index (χ1n) is 8.78. The quantitative estimate of drug-likeness (QED) is 0.553. The topological polar surface area (TPSA) is 85.6 Å². The number of rotatable bonds is 8. The van der Waals surface area contributed by atoms with E-state index in [9.17, 15) is 0 Å². The minimum Gasteiger partial charge on any atom is -0.490 e. The van der Waals surface area contributed by atoms with E-state index in [0.717, 1.165) is 22.9 Å². The Kier molecular flexibility index (Phi) is 7.25. The summed E-state index contributed by atoms with van der Waals surface area (Å²) in [7, 11) is 3.60. The van der Waals surface area contributed by atoms with Crippen molar-refractivity contribution in [3.63, 3.8) is 0 Å². The van der Waals surface area contributed by atoms with Crippen molar-refractivity contribution in [1.82, 2.24) is 25.4 Å². The Bertz CT molecular complexity index is 728. The van der Waals surface area contributed by atoms with E-state index in [1.54, 1.807) is 11.7 Å². The Hall–Kier alpha value is -2.77. The average Bonchev–Trinajstić information content (AvgIpc) is 3.05. The smallest absolute Gasteiger partial charge is 0.191 e. The first-order valence-corrected chi connectivity index (χ1v) is 8.78. The Balaban J connectivity index is 2.03. The van der Waals surface area contributed by atoms with Crippen molar-refractivity contribution in [2.24, 2.45) is 12.0 Å². The van der Waals surface area contributed by atoms with Gasteiger partial charge in [0.15, 0.2) is 17.5 Å². The maximum Gasteiger partial charge on any atom is 0.191 e. The Morgan fingerprint density at radius 1 is 1.23 bits per heavy atom. The number of nitrogens with zero attached hydrogens (tertiary/aromatic N) is 4. The fourth-order valence-corrected chi connectivity index (χ4v) is 2.46. The monoisotopic (exact) mass is 360 g/mol. The lowest BCUT2D eigenvalue weighted by Gasteiger charge is -2.20. The highest BCUT2D eigenvalue weighted by Crippen LogP contribution is 2.30. The van der Waals surface area contributed by atoms with Crippen LogP contribution < -0.4 is 20.1 Å². The van der Waals surface area contributed by atoms with Gasteiger partial charge in [0.25, 0.3) is 0 Å². The second-order valence-corrected chi connectivity index (χ2v) is 5.66. The lowest BCUT2D eigenvalue weighted by Crippen LogP contribution is -2.38. The van der Waals surface area contributed by atoms with Gasteiger partial charge in [-0.05, 0) is 38.5 Å².